The van der Waals surface area contributed by atoms with E-state index in [1.54, 1.807) is 0 Å². The minimum Gasteiger partial charge on any atom is -0.443 e. The number of fused-ring (bicyclic) bond motifs is 2. The van der Waals surface area contributed by atoms with Gasteiger partial charge in [0.05, 0.1) is 23.4 Å². The van der Waals surface area contributed by atoms with E-state index >= 15 is 0 Å². The molecule has 34 heavy (non-hydrogen) atoms. The second-order valence-electron chi connectivity index (χ2n) is 11.9. The number of aromatic nitrogens is 1. The number of ether oxygens (including phenoxy) is 1. The van der Waals surface area contributed by atoms with Crippen LogP contribution in [-0.4, -0.2) is 63.6 Å². The number of hydrogen-bond donors (Lipinski definition) is 2. The molecule has 2 aromatic rings. The monoisotopic (exact) mass is 462 g/mol. The van der Waals surface area contributed by atoms with Crippen molar-refractivity contribution in [3.8, 4) is 0 Å². The first kappa shape index (κ1) is 21.3. The van der Waals surface area contributed by atoms with E-state index in [1.165, 1.54) is 23.1 Å². The molecule has 1 saturated carbocycles. The molecular formula is C28H34N2O4. The molecule has 0 amide bonds. The van der Waals surface area contributed by atoms with E-state index in [9.17, 15) is 10.2 Å². The average Bonchev–Trinajstić information content (AvgIpc) is 3.50. The number of nitrogens with zero attached hydrogens (tertiary/aromatic N) is 2. The number of benzene rings is 1. The van der Waals surface area contributed by atoms with Gasteiger partial charge in [-0.3, -0.25) is 0 Å². The van der Waals surface area contributed by atoms with Crippen LogP contribution in [0, 0.1) is 17.3 Å². The van der Waals surface area contributed by atoms with Crippen molar-refractivity contribution in [1.82, 2.24) is 9.88 Å². The van der Waals surface area contributed by atoms with E-state index in [0.717, 1.165) is 49.6 Å². The van der Waals surface area contributed by atoms with Gasteiger partial charge in [0.25, 0.3) is 0 Å². The molecule has 180 valence electrons. The summed E-state index contributed by atoms with van der Waals surface area (Å²) in [5.41, 5.74) is 5.08. The third-order valence-electron chi connectivity index (χ3n) is 10.3. The highest BCUT2D eigenvalue weighted by Gasteiger charge is 2.69. The van der Waals surface area contributed by atoms with Gasteiger partial charge in [0.1, 0.15) is 5.52 Å². The highest BCUT2D eigenvalue weighted by Crippen LogP contribution is 2.69. The largest absolute Gasteiger partial charge is 0.443 e. The molecule has 2 saturated heterocycles. The van der Waals surface area contributed by atoms with Gasteiger partial charge in [0, 0.05) is 23.3 Å². The molecule has 1 aromatic heterocycles. The summed E-state index contributed by atoms with van der Waals surface area (Å²) in [6.07, 6.45) is 10.4. The Hall–Kier alpha value is -1.99. The van der Waals surface area contributed by atoms with Gasteiger partial charge in [0.2, 0.25) is 0 Å². The van der Waals surface area contributed by atoms with Crippen LogP contribution in [0.4, 0.5) is 0 Å². The van der Waals surface area contributed by atoms with Crippen LogP contribution in [0.25, 0.3) is 16.7 Å². The van der Waals surface area contributed by atoms with Crippen molar-refractivity contribution in [3.05, 3.63) is 47.9 Å². The van der Waals surface area contributed by atoms with Crippen LogP contribution < -0.4 is 0 Å². The number of aliphatic hydroxyl groups excluding tert-OH is 2. The summed E-state index contributed by atoms with van der Waals surface area (Å²) in [5.74, 6) is 0.346. The highest BCUT2D eigenvalue weighted by atomic mass is 16.5. The Balaban J connectivity index is 1.27. The predicted molar refractivity (Wildman–Crippen MR) is 129 cm³/mol. The van der Waals surface area contributed by atoms with E-state index in [-0.39, 0.29) is 28.6 Å². The minimum absolute atomic E-state index is 0.00692. The molecule has 5 aliphatic rings. The minimum atomic E-state index is -0.752. The summed E-state index contributed by atoms with van der Waals surface area (Å²) in [5, 5.41) is 22.1. The number of aliphatic hydroxyl groups is 2. The van der Waals surface area contributed by atoms with Gasteiger partial charge >= 0.3 is 0 Å². The zero-order valence-electron chi connectivity index (χ0n) is 20.2. The van der Waals surface area contributed by atoms with Crippen LogP contribution in [0.15, 0.2) is 46.7 Å². The second kappa shape index (κ2) is 6.82. The van der Waals surface area contributed by atoms with Crippen molar-refractivity contribution in [2.75, 3.05) is 14.1 Å². The third-order valence-corrected chi connectivity index (χ3v) is 10.3. The molecule has 6 nitrogen and oxygen atoms in total. The van der Waals surface area contributed by atoms with Crippen LogP contribution in [-0.2, 0) is 4.74 Å². The van der Waals surface area contributed by atoms with E-state index in [2.05, 4.69) is 41.1 Å². The van der Waals surface area contributed by atoms with Crippen LogP contribution >= 0.6 is 0 Å². The highest BCUT2D eigenvalue weighted by molar-refractivity contribution is 5.82. The fraction of sp³-hybridized carbons (Fsp3) is 0.607. The molecular weight excluding hydrogens is 428 g/mol. The maximum atomic E-state index is 11.2. The van der Waals surface area contributed by atoms with Crippen LogP contribution in [0.3, 0.4) is 0 Å². The molecule has 1 aromatic carbocycles. The predicted octanol–water partition coefficient (Wildman–Crippen LogP) is 3.93. The van der Waals surface area contributed by atoms with Gasteiger partial charge < -0.3 is 24.3 Å². The van der Waals surface area contributed by atoms with Crippen molar-refractivity contribution >= 4 is 16.7 Å². The van der Waals surface area contributed by atoms with Crippen molar-refractivity contribution < 1.29 is 19.4 Å². The maximum Gasteiger partial charge on any atom is 0.181 e. The smallest absolute Gasteiger partial charge is 0.181 e. The summed E-state index contributed by atoms with van der Waals surface area (Å²) in [6.45, 7) is 2.41. The second-order valence-corrected chi connectivity index (χ2v) is 11.9. The van der Waals surface area contributed by atoms with Gasteiger partial charge in [-0.15, -0.1) is 0 Å². The fourth-order valence-electron chi connectivity index (χ4n) is 8.51. The van der Waals surface area contributed by atoms with E-state index in [0.29, 0.717) is 5.92 Å². The Morgan fingerprint density at radius 2 is 1.97 bits per heavy atom. The number of allylic oxidation sites excluding steroid dienone is 3. The maximum absolute atomic E-state index is 11.2. The standard InChI is InChI=1S/C28H34N2O4/c1-26-9-8-17-13-19-24(31)25(32)21(30(2)3)14-27(19)10-11-28(17,34-27)23(26)7-5-18(26)16-4-6-22-20(12-16)29-15-33-22/h4-6,8,12,15,19,21,23-25,31-32H,7,9-11,13-14H2,1-3H3. The summed E-state index contributed by atoms with van der Waals surface area (Å²) in [6, 6.07) is 6.26. The zero-order chi connectivity index (χ0) is 23.5. The van der Waals surface area contributed by atoms with Crippen molar-refractivity contribution in [3.63, 3.8) is 0 Å². The van der Waals surface area contributed by atoms with Crippen LogP contribution in [0.1, 0.15) is 51.0 Å². The first-order chi connectivity index (χ1) is 16.3. The number of rotatable bonds is 2. The lowest BCUT2D eigenvalue weighted by Gasteiger charge is -2.59. The molecule has 2 N–H and O–H groups in total. The summed E-state index contributed by atoms with van der Waals surface area (Å²) >= 11 is 0. The summed E-state index contributed by atoms with van der Waals surface area (Å²) in [7, 11) is 3.99. The van der Waals surface area contributed by atoms with Crippen molar-refractivity contribution in [1.29, 1.82) is 0 Å². The van der Waals surface area contributed by atoms with Crippen LogP contribution in [0.5, 0.6) is 0 Å². The normalized spacial score (nSPS) is 45.1. The zero-order valence-corrected chi connectivity index (χ0v) is 20.2. The molecule has 7 rings (SSSR count). The Morgan fingerprint density at radius 1 is 1.12 bits per heavy atom. The average molecular weight is 463 g/mol. The van der Waals surface area contributed by atoms with Gasteiger partial charge in [0.15, 0.2) is 12.0 Å². The molecule has 2 aliphatic heterocycles. The summed E-state index contributed by atoms with van der Waals surface area (Å²) < 4.78 is 12.7. The Morgan fingerprint density at radius 3 is 2.79 bits per heavy atom. The lowest BCUT2D eigenvalue weighted by Crippen LogP contribution is -2.66. The lowest BCUT2D eigenvalue weighted by molar-refractivity contribution is -0.237. The molecule has 0 radical (unpaired) electrons. The Kier molecular flexibility index (Phi) is 4.27. The van der Waals surface area contributed by atoms with E-state index < -0.39 is 12.2 Å². The number of oxazole rings is 1. The molecule has 8 atom stereocenters. The first-order valence-electron chi connectivity index (χ1n) is 12.7. The number of likely N-dealkylation sites (N-methyl/N-ethyl adjacent to an activating group) is 1. The van der Waals surface area contributed by atoms with Gasteiger partial charge in [-0.25, -0.2) is 4.98 Å². The van der Waals surface area contributed by atoms with Crippen molar-refractivity contribution in [2.24, 2.45) is 17.3 Å². The molecule has 2 spiro atoms. The fourth-order valence-corrected chi connectivity index (χ4v) is 8.51. The van der Waals surface area contributed by atoms with Gasteiger partial charge in [-0.05, 0) is 81.5 Å². The van der Waals surface area contributed by atoms with E-state index in [4.69, 9.17) is 9.15 Å². The van der Waals surface area contributed by atoms with E-state index in [1.807, 2.05) is 20.2 Å². The summed E-state index contributed by atoms with van der Waals surface area (Å²) in [4.78, 5) is 6.43. The third kappa shape index (κ3) is 2.53. The van der Waals surface area contributed by atoms with Gasteiger partial charge in [-0.1, -0.05) is 25.1 Å². The van der Waals surface area contributed by atoms with Gasteiger partial charge in [-0.2, -0.15) is 0 Å². The Labute approximate surface area is 200 Å². The first-order valence-corrected chi connectivity index (χ1v) is 12.7. The topological polar surface area (TPSA) is 79.0 Å². The van der Waals surface area contributed by atoms with Crippen LogP contribution in [0.2, 0.25) is 0 Å². The quantitative estimate of drug-likeness (QED) is 0.659. The lowest BCUT2D eigenvalue weighted by atomic mass is 9.57. The number of hydrogen-bond acceptors (Lipinski definition) is 6. The molecule has 3 aliphatic carbocycles. The molecule has 2 bridgehead atoms. The molecule has 8 unspecified atom stereocenters. The Bertz CT molecular complexity index is 1230. The molecule has 6 heteroatoms. The van der Waals surface area contributed by atoms with Crippen molar-refractivity contribution in [2.45, 2.75) is 74.9 Å². The molecule has 3 heterocycles. The molecule has 3 fully saturated rings. The SMILES string of the molecule is CN(C)C1CC23CCC4(O2)C(=CCC2(C)C(c5ccc6ocnc6c5)=CCC24)CC3C(O)C1O.